The summed E-state index contributed by atoms with van der Waals surface area (Å²) >= 11 is 0. The van der Waals surface area contributed by atoms with Crippen molar-refractivity contribution >= 4 is 12.0 Å². The smallest absolute Gasteiger partial charge is 0.407 e. The molecule has 0 heterocycles. The quantitative estimate of drug-likeness (QED) is 0.759. The Morgan fingerprint density at radius 1 is 1.19 bits per heavy atom. The lowest BCUT2D eigenvalue weighted by atomic mass is 10.2. The second kappa shape index (κ2) is 7.64. The highest BCUT2D eigenvalue weighted by Gasteiger charge is 2.18. The van der Waals surface area contributed by atoms with Crippen LogP contribution in [0.25, 0.3) is 0 Å². The number of nitrogens with one attached hydrogen (secondary N) is 2. The van der Waals surface area contributed by atoms with Crippen molar-refractivity contribution in [2.75, 3.05) is 6.54 Å². The van der Waals surface area contributed by atoms with Gasteiger partial charge >= 0.3 is 6.09 Å². The molecule has 1 aromatic carbocycles. The Kier molecular flexibility index (Phi) is 6.17. The minimum absolute atomic E-state index is 0.0233. The number of amides is 2. The molecule has 0 saturated heterocycles. The number of carbonyl (C=O) groups is 2. The van der Waals surface area contributed by atoms with Crippen LogP contribution >= 0.6 is 0 Å². The fraction of sp³-hybridized carbons (Fsp3) is 0.467. The number of rotatable bonds is 5. The maximum atomic E-state index is 11.8. The summed E-state index contributed by atoms with van der Waals surface area (Å²) in [6, 6.07) is 8.69. The van der Waals surface area contributed by atoms with E-state index in [2.05, 4.69) is 10.6 Å². The summed E-state index contributed by atoms with van der Waals surface area (Å²) in [7, 11) is 0. The molecule has 0 spiro atoms. The highest BCUT2D eigenvalue weighted by Crippen LogP contribution is 2.06. The van der Waals surface area contributed by atoms with Gasteiger partial charge in [-0.05, 0) is 26.3 Å². The van der Waals surface area contributed by atoms with E-state index in [0.717, 1.165) is 5.56 Å². The van der Waals surface area contributed by atoms with E-state index in [-0.39, 0.29) is 12.5 Å². The Morgan fingerprint density at radius 3 is 2.38 bits per heavy atom. The number of ether oxygens (including phenoxy) is 1. The summed E-state index contributed by atoms with van der Waals surface area (Å²) < 4.78 is 5.06. The summed E-state index contributed by atoms with van der Waals surface area (Å²) in [6.07, 6.45) is -0.589. The van der Waals surface area contributed by atoms with Crippen LogP contribution in [0.5, 0.6) is 0 Å². The van der Waals surface area contributed by atoms with Crippen molar-refractivity contribution < 1.29 is 14.3 Å². The zero-order chi connectivity index (χ0) is 15.9. The van der Waals surface area contributed by atoms with E-state index in [4.69, 9.17) is 10.5 Å². The van der Waals surface area contributed by atoms with Gasteiger partial charge in [0.1, 0.15) is 11.6 Å². The zero-order valence-electron chi connectivity index (χ0n) is 12.7. The molecule has 0 saturated carbocycles. The molecule has 0 aliphatic rings. The van der Waals surface area contributed by atoms with E-state index in [1.807, 2.05) is 30.3 Å². The molecule has 1 atom stereocenters. The molecule has 2 amide bonds. The second-order valence-corrected chi connectivity index (χ2v) is 5.69. The number of hydrogen-bond acceptors (Lipinski definition) is 4. The molecule has 6 nitrogen and oxygen atoms in total. The molecular formula is C15H23N3O3. The molecular weight excluding hydrogens is 270 g/mol. The number of alkyl carbamates (subject to hydrolysis) is 1. The minimum atomic E-state index is -0.818. The topological polar surface area (TPSA) is 93.4 Å². The van der Waals surface area contributed by atoms with Crippen LogP contribution in [0.3, 0.4) is 0 Å². The van der Waals surface area contributed by atoms with Gasteiger partial charge in [-0.3, -0.25) is 4.79 Å². The second-order valence-electron chi connectivity index (χ2n) is 5.69. The largest absolute Gasteiger partial charge is 0.444 e. The summed E-state index contributed by atoms with van der Waals surface area (Å²) in [5, 5.41) is 5.19. The van der Waals surface area contributed by atoms with Crippen LogP contribution in [-0.4, -0.2) is 30.2 Å². The molecule has 0 unspecified atom stereocenters. The molecule has 6 heteroatoms. The van der Waals surface area contributed by atoms with Crippen molar-refractivity contribution in [1.82, 2.24) is 10.6 Å². The molecule has 1 aromatic rings. The predicted octanol–water partition coefficient (Wildman–Crippen LogP) is 1.15. The summed E-state index contributed by atoms with van der Waals surface area (Å²) in [5.41, 5.74) is 6.12. The molecule has 0 radical (unpaired) electrons. The van der Waals surface area contributed by atoms with E-state index < -0.39 is 17.7 Å². The summed E-state index contributed by atoms with van der Waals surface area (Å²) in [6.45, 7) is 5.71. The highest BCUT2D eigenvalue weighted by molar-refractivity contribution is 5.82. The summed E-state index contributed by atoms with van der Waals surface area (Å²) in [4.78, 5) is 23.2. The van der Waals surface area contributed by atoms with E-state index >= 15 is 0 Å². The van der Waals surface area contributed by atoms with Crippen molar-refractivity contribution in [3.05, 3.63) is 35.9 Å². The van der Waals surface area contributed by atoms with E-state index in [9.17, 15) is 9.59 Å². The number of hydrogen-bond donors (Lipinski definition) is 3. The first-order chi connectivity index (χ1) is 9.78. The molecule has 0 fully saturated rings. The maximum Gasteiger partial charge on any atom is 0.407 e. The fourth-order valence-corrected chi connectivity index (χ4v) is 1.52. The van der Waals surface area contributed by atoms with Crippen LogP contribution in [0.1, 0.15) is 26.3 Å². The van der Waals surface area contributed by atoms with Crippen molar-refractivity contribution in [3.63, 3.8) is 0 Å². The maximum absolute atomic E-state index is 11.8. The van der Waals surface area contributed by atoms with Gasteiger partial charge in [-0.1, -0.05) is 30.3 Å². The first-order valence-electron chi connectivity index (χ1n) is 6.82. The first-order valence-corrected chi connectivity index (χ1v) is 6.82. The summed E-state index contributed by atoms with van der Waals surface area (Å²) in [5.74, 6) is -0.324. The standard InChI is InChI=1S/C15H23N3O3/c1-15(2,3)21-14(20)18-10-12(16)13(19)17-9-11-7-5-4-6-8-11/h4-8,12H,9-10,16H2,1-3H3,(H,17,19)(H,18,20)/t12-/m0/s1. The molecule has 116 valence electrons. The van der Waals surface area contributed by atoms with Gasteiger partial charge in [0, 0.05) is 13.1 Å². The predicted molar refractivity (Wildman–Crippen MR) is 80.5 cm³/mol. The molecule has 0 aromatic heterocycles. The van der Waals surface area contributed by atoms with Crippen molar-refractivity contribution in [2.24, 2.45) is 5.73 Å². The van der Waals surface area contributed by atoms with E-state index in [0.29, 0.717) is 6.54 Å². The number of benzene rings is 1. The third-order valence-corrected chi connectivity index (χ3v) is 2.51. The third kappa shape index (κ3) is 7.31. The SMILES string of the molecule is CC(C)(C)OC(=O)NC[C@H](N)C(=O)NCc1ccccc1. The van der Waals surface area contributed by atoms with Gasteiger partial charge < -0.3 is 21.1 Å². The van der Waals surface area contributed by atoms with Crippen LogP contribution in [-0.2, 0) is 16.1 Å². The Labute approximate surface area is 125 Å². The Balaban J connectivity index is 2.30. The van der Waals surface area contributed by atoms with Crippen molar-refractivity contribution in [3.8, 4) is 0 Å². The van der Waals surface area contributed by atoms with Gasteiger partial charge in [-0.15, -0.1) is 0 Å². The van der Waals surface area contributed by atoms with Crippen LogP contribution in [0.4, 0.5) is 4.79 Å². The van der Waals surface area contributed by atoms with Gasteiger partial charge in [0.05, 0.1) is 0 Å². The van der Waals surface area contributed by atoms with Crippen molar-refractivity contribution in [1.29, 1.82) is 0 Å². The Hall–Kier alpha value is -2.08. The van der Waals surface area contributed by atoms with Crippen LogP contribution < -0.4 is 16.4 Å². The Bertz CT molecular complexity index is 469. The van der Waals surface area contributed by atoms with Gasteiger partial charge in [0.2, 0.25) is 5.91 Å². The lowest BCUT2D eigenvalue weighted by molar-refractivity contribution is -0.122. The molecule has 0 aliphatic carbocycles. The van der Waals surface area contributed by atoms with Gasteiger partial charge in [-0.25, -0.2) is 4.79 Å². The monoisotopic (exact) mass is 293 g/mol. The molecule has 0 bridgehead atoms. The highest BCUT2D eigenvalue weighted by atomic mass is 16.6. The van der Waals surface area contributed by atoms with Gasteiger partial charge in [0.15, 0.2) is 0 Å². The van der Waals surface area contributed by atoms with E-state index in [1.165, 1.54) is 0 Å². The van der Waals surface area contributed by atoms with Crippen molar-refractivity contribution in [2.45, 2.75) is 39.0 Å². The van der Waals surface area contributed by atoms with Gasteiger partial charge in [0.25, 0.3) is 0 Å². The lowest BCUT2D eigenvalue weighted by Crippen LogP contribution is -2.48. The normalized spacial score (nSPS) is 12.4. The zero-order valence-corrected chi connectivity index (χ0v) is 12.7. The van der Waals surface area contributed by atoms with Crippen LogP contribution in [0, 0.1) is 0 Å². The third-order valence-electron chi connectivity index (χ3n) is 2.51. The first kappa shape index (κ1) is 17.0. The molecule has 21 heavy (non-hydrogen) atoms. The van der Waals surface area contributed by atoms with Crippen LogP contribution in [0.15, 0.2) is 30.3 Å². The van der Waals surface area contributed by atoms with Gasteiger partial charge in [-0.2, -0.15) is 0 Å². The molecule has 0 aliphatic heterocycles. The van der Waals surface area contributed by atoms with Crippen LogP contribution in [0.2, 0.25) is 0 Å². The molecule has 4 N–H and O–H groups in total. The van der Waals surface area contributed by atoms with E-state index in [1.54, 1.807) is 20.8 Å². The Morgan fingerprint density at radius 2 is 1.81 bits per heavy atom. The average Bonchev–Trinajstić information content (AvgIpc) is 2.41. The lowest BCUT2D eigenvalue weighted by Gasteiger charge is -2.20. The average molecular weight is 293 g/mol. The number of nitrogens with two attached hydrogens (primary N) is 1. The molecule has 1 rings (SSSR count). The fourth-order valence-electron chi connectivity index (χ4n) is 1.52. The minimum Gasteiger partial charge on any atom is -0.444 e. The number of carbonyl (C=O) groups excluding carboxylic acids is 2.